The van der Waals surface area contributed by atoms with Crippen molar-refractivity contribution in [2.24, 2.45) is 36.1 Å². The SMILES string of the molecule is C=c1c2c(c(-c3ccc(C(C)(C)C(C)C)o3)n1CCCCCCCCCC)C(=O)N(CCCCCCCCCC)C=2c1ccc(-c2ccc(\C(=C(C(C)=O)/C(C=O)=C(\C(C)=C\C=C(/C)C(C)(C)C(C)C)C(CCCCCC)CCCCCCCC)C(CCCCCC)CCCCCCCC)n2C)o1. The molecule has 1 aliphatic heterocycles. The predicted octanol–water partition coefficient (Wildman–Crippen LogP) is 27.7. The molecule has 8 heteroatoms. The lowest BCUT2D eigenvalue weighted by Crippen LogP contribution is -2.32. The van der Waals surface area contributed by atoms with Crippen LogP contribution in [0.15, 0.2) is 85.3 Å². The average molecular weight is 1420 g/mol. The molecule has 0 saturated heterocycles. The van der Waals surface area contributed by atoms with Gasteiger partial charge in [0.15, 0.2) is 29.4 Å². The third kappa shape index (κ3) is 25.4. The molecule has 1 amide bonds. The summed E-state index contributed by atoms with van der Waals surface area (Å²) < 4.78 is 18.9. The predicted molar refractivity (Wildman–Crippen MR) is 444 cm³/mol. The van der Waals surface area contributed by atoms with Crippen LogP contribution in [-0.2, 0) is 28.6 Å². The Morgan fingerprint density at radius 1 is 0.515 bits per heavy atom. The van der Waals surface area contributed by atoms with Crippen LogP contribution in [-0.4, -0.2) is 38.6 Å². The third-order valence-electron chi connectivity index (χ3n) is 24.4. The number of amides is 1. The smallest absolute Gasteiger partial charge is 0.261 e. The van der Waals surface area contributed by atoms with Gasteiger partial charge in [-0.3, -0.25) is 14.4 Å². The first kappa shape index (κ1) is 88.3. The summed E-state index contributed by atoms with van der Waals surface area (Å²) in [5.74, 6) is 3.78. The number of hydrogen-bond acceptors (Lipinski definition) is 5. The number of hydrogen-bond donors (Lipinski definition) is 0. The summed E-state index contributed by atoms with van der Waals surface area (Å²) in [6, 6.07) is 12.8. The molecule has 0 saturated carbocycles. The highest BCUT2D eigenvalue weighted by Crippen LogP contribution is 2.45. The van der Waals surface area contributed by atoms with Crippen molar-refractivity contribution in [3.63, 3.8) is 0 Å². The number of carbonyl (C=O) groups excluding carboxylic acids is 3. The Bertz CT molecular complexity index is 3400. The van der Waals surface area contributed by atoms with Gasteiger partial charge in [-0.15, -0.1) is 0 Å². The van der Waals surface area contributed by atoms with Gasteiger partial charge in [0.05, 0.1) is 22.6 Å². The van der Waals surface area contributed by atoms with Gasteiger partial charge in [0.1, 0.15) is 5.76 Å². The summed E-state index contributed by atoms with van der Waals surface area (Å²) in [5, 5.41) is 1.66. The van der Waals surface area contributed by atoms with Crippen molar-refractivity contribution in [3.05, 3.63) is 110 Å². The molecule has 0 aliphatic carbocycles. The number of rotatable bonds is 57. The van der Waals surface area contributed by atoms with E-state index in [9.17, 15) is 0 Å². The molecule has 578 valence electrons. The molecular weight excluding hydrogens is 1260 g/mol. The normalized spacial score (nSPS) is 14.4. The molecule has 0 aromatic carbocycles. The number of unbranched alkanes of at least 4 members (excludes halogenated alkanes) is 30. The van der Waals surface area contributed by atoms with Gasteiger partial charge in [-0.05, 0) is 142 Å². The Morgan fingerprint density at radius 2 is 0.951 bits per heavy atom. The van der Waals surface area contributed by atoms with E-state index in [0.29, 0.717) is 52.4 Å². The van der Waals surface area contributed by atoms with E-state index in [4.69, 9.17) is 15.4 Å². The number of nitrogens with zero attached hydrogens (tertiary/aromatic N) is 3. The Hall–Kier alpha value is -5.37. The highest BCUT2D eigenvalue weighted by Gasteiger charge is 2.40. The van der Waals surface area contributed by atoms with Gasteiger partial charge < -0.3 is 22.9 Å². The van der Waals surface area contributed by atoms with Crippen molar-refractivity contribution < 1.29 is 23.2 Å². The molecule has 103 heavy (non-hydrogen) atoms. The molecule has 0 N–H and O–H groups in total. The zero-order valence-electron chi connectivity index (χ0n) is 69.8. The van der Waals surface area contributed by atoms with Crippen molar-refractivity contribution in [2.45, 2.75) is 386 Å². The zero-order chi connectivity index (χ0) is 75.5. The van der Waals surface area contributed by atoms with Crippen LogP contribution in [0, 0.1) is 29.1 Å². The van der Waals surface area contributed by atoms with Gasteiger partial charge >= 0.3 is 0 Å². The zero-order valence-corrected chi connectivity index (χ0v) is 69.8. The van der Waals surface area contributed by atoms with Crippen molar-refractivity contribution >= 4 is 35.8 Å². The molecule has 0 spiro atoms. The van der Waals surface area contributed by atoms with E-state index in [2.05, 4.69) is 176 Å². The van der Waals surface area contributed by atoms with Crippen LogP contribution in [0.4, 0.5) is 0 Å². The van der Waals surface area contributed by atoms with E-state index in [1.165, 1.54) is 140 Å². The fraction of sp³-hybridized carbons (Fsp3) is 0.695. The average Bonchev–Trinajstić information content (AvgIpc) is 1.55. The number of Topliss-reactive ketones (excluding diaryl/α,β-unsaturated/α-hetero) is 1. The summed E-state index contributed by atoms with van der Waals surface area (Å²) in [6.07, 6.45) is 51.7. The second-order valence-electron chi connectivity index (χ2n) is 33.4. The highest BCUT2D eigenvalue weighted by molar-refractivity contribution is 6.12. The second-order valence-corrected chi connectivity index (χ2v) is 33.4. The third-order valence-corrected chi connectivity index (χ3v) is 24.4. The van der Waals surface area contributed by atoms with E-state index >= 15 is 14.4 Å². The first-order valence-corrected chi connectivity index (χ1v) is 43.0. The van der Waals surface area contributed by atoms with Crippen molar-refractivity contribution in [1.82, 2.24) is 14.0 Å². The Morgan fingerprint density at radius 3 is 1.42 bits per heavy atom. The molecule has 2 atom stereocenters. The molecule has 0 bridgehead atoms. The maximum Gasteiger partial charge on any atom is 0.261 e. The molecule has 4 aromatic heterocycles. The van der Waals surface area contributed by atoms with Crippen LogP contribution in [0.1, 0.15) is 402 Å². The minimum atomic E-state index is -0.222. The van der Waals surface area contributed by atoms with Gasteiger partial charge in [0.2, 0.25) is 0 Å². The van der Waals surface area contributed by atoms with E-state index in [-0.39, 0.29) is 34.4 Å². The number of allylic oxidation sites excluding steroid dienone is 8. The summed E-state index contributed by atoms with van der Waals surface area (Å²) in [5.41, 5.74) is 9.50. The molecule has 4 aromatic rings. The summed E-state index contributed by atoms with van der Waals surface area (Å²) in [6.45, 7) is 44.5. The van der Waals surface area contributed by atoms with Gasteiger partial charge in [-0.2, -0.15) is 0 Å². The van der Waals surface area contributed by atoms with Crippen LogP contribution in [0.2, 0.25) is 0 Å². The van der Waals surface area contributed by atoms with Crippen LogP contribution >= 0.6 is 0 Å². The molecule has 8 nitrogen and oxygen atoms in total. The Labute approximate surface area is 631 Å². The molecular formula is C95H153N3O5. The van der Waals surface area contributed by atoms with E-state index < -0.39 is 0 Å². The molecule has 0 radical (unpaired) electrons. The molecule has 1 aliphatic rings. The topological polar surface area (TPSA) is 90.6 Å². The lowest BCUT2D eigenvalue weighted by atomic mass is 9.74. The van der Waals surface area contributed by atoms with Gasteiger partial charge in [-0.1, -0.05) is 340 Å². The van der Waals surface area contributed by atoms with E-state index in [1.807, 2.05) is 4.90 Å². The van der Waals surface area contributed by atoms with Crippen LogP contribution < -0.4 is 10.6 Å². The first-order valence-electron chi connectivity index (χ1n) is 43.0. The standard InChI is InChI=1S/C95H153N3O5/c1-20-26-32-38-42-44-48-54-68-97-75(13)87-90(92(97)84-66-67-85(103-84)95(17,18)72(9)10)93(101)98(69-55-49-45-43-39-33-27-21-2)91(87)83-65-64-82(102-83)80-62-63-81(96(80)19)89(78(58-51-37-31-25-6)59-53-47-41-35-29-23-4)88(76(14)100)79(70-99)86(73(11)60-61-74(12)94(15,16)71(7)8)77(56-50-36-30-24-5)57-52-46-40-34-28-22-3/h60-67,70-72,77-78H,13,20-59,68-69H2,1-12,14-19H3/b73-60+,74-61+,86-79+,89-88-. The fourth-order valence-corrected chi connectivity index (χ4v) is 15.9. The number of aldehydes is 1. The Balaban J connectivity index is 1.88. The molecule has 5 heterocycles. The fourth-order valence-electron chi connectivity index (χ4n) is 15.9. The molecule has 2 unspecified atom stereocenters. The van der Waals surface area contributed by atoms with Crippen LogP contribution in [0.3, 0.4) is 0 Å². The van der Waals surface area contributed by atoms with E-state index in [0.717, 1.165) is 191 Å². The first-order chi connectivity index (χ1) is 49.5. The molecule has 5 rings (SSSR count). The minimum Gasteiger partial charge on any atom is -0.459 e. The van der Waals surface area contributed by atoms with Gasteiger partial charge in [0, 0.05) is 53.0 Å². The summed E-state index contributed by atoms with van der Waals surface area (Å²) in [4.78, 5) is 48.5. The minimum absolute atomic E-state index is 0.0196. The number of fused-ring (bicyclic) bond motifs is 1. The van der Waals surface area contributed by atoms with E-state index in [1.54, 1.807) is 6.92 Å². The lowest BCUT2D eigenvalue weighted by Gasteiger charge is -2.31. The van der Waals surface area contributed by atoms with Crippen molar-refractivity contribution in [3.8, 4) is 22.9 Å². The number of aromatic nitrogens is 2. The maximum absolute atomic E-state index is 15.9. The highest BCUT2D eigenvalue weighted by atomic mass is 16.3. The summed E-state index contributed by atoms with van der Waals surface area (Å²) >= 11 is 0. The van der Waals surface area contributed by atoms with Gasteiger partial charge in [-0.25, -0.2) is 0 Å². The quantitative estimate of drug-likeness (QED) is 0.0190. The lowest BCUT2D eigenvalue weighted by molar-refractivity contribution is -0.114. The van der Waals surface area contributed by atoms with Crippen LogP contribution in [0.25, 0.3) is 40.8 Å². The van der Waals surface area contributed by atoms with Gasteiger partial charge in [0.25, 0.3) is 5.91 Å². The Kier molecular flexibility index (Phi) is 40.0. The second kappa shape index (κ2) is 46.7. The maximum atomic E-state index is 15.9. The largest absolute Gasteiger partial charge is 0.459 e. The molecule has 0 fully saturated rings. The number of furan rings is 2. The van der Waals surface area contributed by atoms with Crippen molar-refractivity contribution in [1.29, 1.82) is 0 Å². The summed E-state index contributed by atoms with van der Waals surface area (Å²) in [7, 11) is 2.14. The van der Waals surface area contributed by atoms with Crippen LogP contribution in [0.5, 0.6) is 0 Å². The number of ketones is 1. The number of carbonyl (C=O) groups is 3. The van der Waals surface area contributed by atoms with Crippen molar-refractivity contribution in [2.75, 3.05) is 6.54 Å². The monoisotopic (exact) mass is 1420 g/mol.